The predicted molar refractivity (Wildman–Crippen MR) is 91.7 cm³/mol. The molecule has 0 bridgehead atoms. The molecule has 2 heterocycles. The molecular formula is C18H20N4O2. The second-order valence-corrected chi connectivity index (χ2v) is 5.91. The zero-order chi connectivity index (χ0) is 16.9. The summed E-state index contributed by atoms with van der Waals surface area (Å²) in [5.74, 6) is -0.281. The van der Waals surface area contributed by atoms with E-state index in [0.717, 1.165) is 12.8 Å². The number of piperidine rings is 1. The fraction of sp³-hybridized carbons (Fsp3) is 0.278. The topological polar surface area (TPSA) is 88.3 Å². The Balaban J connectivity index is 1.70. The fourth-order valence-corrected chi connectivity index (χ4v) is 2.72. The molecule has 124 valence electrons. The first-order chi connectivity index (χ1) is 11.6. The molecule has 3 N–H and O–H groups in total. The van der Waals surface area contributed by atoms with Crippen LogP contribution in [0, 0.1) is 0 Å². The number of nitrogens with one attached hydrogen (secondary N) is 1. The Morgan fingerprint density at radius 3 is 2.58 bits per heavy atom. The first kappa shape index (κ1) is 16.1. The molecule has 0 radical (unpaired) electrons. The van der Waals surface area contributed by atoms with Crippen LogP contribution in [0.3, 0.4) is 0 Å². The molecule has 6 nitrogen and oxygen atoms in total. The summed E-state index contributed by atoms with van der Waals surface area (Å²) in [7, 11) is 0. The normalized spacial score (nSPS) is 15.1. The van der Waals surface area contributed by atoms with Crippen molar-refractivity contribution in [3.05, 3.63) is 59.9 Å². The van der Waals surface area contributed by atoms with Crippen LogP contribution in [0.5, 0.6) is 0 Å². The van der Waals surface area contributed by atoms with E-state index in [-0.39, 0.29) is 17.9 Å². The summed E-state index contributed by atoms with van der Waals surface area (Å²) in [4.78, 5) is 30.5. The predicted octanol–water partition coefficient (Wildman–Crippen LogP) is 1.90. The Kier molecular flexibility index (Phi) is 4.86. The van der Waals surface area contributed by atoms with E-state index in [9.17, 15) is 9.59 Å². The lowest BCUT2D eigenvalue weighted by molar-refractivity contribution is 0.0714. The van der Waals surface area contributed by atoms with Crippen molar-refractivity contribution in [1.82, 2.24) is 9.88 Å². The summed E-state index contributed by atoms with van der Waals surface area (Å²) in [5, 5.41) is 2.79. The number of amides is 2. The van der Waals surface area contributed by atoms with E-state index in [1.807, 2.05) is 4.90 Å². The highest BCUT2D eigenvalue weighted by molar-refractivity contribution is 6.04. The van der Waals surface area contributed by atoms with Crippen LogP contribution in [0.1, 0.15) is 33.6 Å². The summed E-state index contributed by atoms with van der Waals surface area (Å²) in [6, 6.07) is 10.6. The maximum Gasteiger partial charge on any atom is 0.257 e. The van der Waals surface area contributed by atoms with E-state index >= 15 is 0 Å². The maximum absolute atomic E-state index is 12.6. The second-order valence-electron chi connectivity index (χ2n) is 5.91. The van der Waals surface area contributed by atoms with E-state index in [1.54, 1.807) is 42.6 Å². The monoisotopic (exact) mass is 324 g/mol. The molecule has 1 aromatic carbocycles. The van der Waals surface area contributed by atoms with Gasteiger partial charge < -0.3 is 16.0 Å². The van der Waals surface area contributed by atoms with Gasteiger partial charge in [0.2, 0.25) is 0 Å². The van der Waals surface area contributed by atoms with Crippen molar-refractivity contribution in [2.75, 3.05) is 18.4 Å². The van der Waals surface area contributed by atoms with Crippen molar-refractivity contribution in [2.24, 2.45) is 5.73 Å². The molecule has 0 atom stereocenters. The number of hydrogen-bond acceptors (Lipinski definition) is 4. The number of aromatic nitrogens is 1. The third-order valence-electron chi connectivity index (χ3n) is 4.12. The van der Waals surface area contributed by atoms with Gasteiger partial charge >= 0.3 is 0 Å². The highest BCUT2D eigenvalue weighted by atomic mass is 16.2. The summed E-state index contributed by atoms with van der Waals surface area (Å²) in [5.41, 5.74) is 7.50. The molecule has 1 aromatic heterocycles. The molecule has 0 unspecified atom stereocenters. The zero-order valence-electron chi connectivity index (χ0n) is 13.3. The fourth-order valence-electron chi connectivity index (χ4n) is 2.72. The lowest BCUT2D eigenvalue weighted by Crippen LogP contribution is -2.42. The molecule has 1 aliphatic heterocycles. The van der Waals surface area contributed by atoms with Crippen LogP contribution in [0.25, 0.3) is 0 Å². The number of carbonyl (C=O) groups excluding carboxylic acids is 2. The summed E-state index contributed by atoms with van der Waals surface area (Å²) >= 11 is 0. The number of likely N-dealkylation sites (tertiary alicyclic amines) is 1. The van der Waals surface area contributed by atoms with Gasteiger partial charge in [0.15, 0.2) is 0 Å². The van der Waals surface area contributed by atoms with Crippen LogP contribution in [-0.4, -0.2) is 40.8 Å². The van der Waals surface area contributed by atoms with E-state index < -0.39 is 0 Å². The number of carbonyl (C=O) groups is 2. The lowest BCUT2D eigenvalue weighted by Gasteiger charge is -2.30. The van der Waals surface area contributed by atoms with E-state index in [1.165, 1.54) is 6.20 Å². The van der Waals surface area contributed by atoms with Gasteiger partial charge in [-0.15, -0.1) is 0 Å². The number of rotatable bonds is 3. The molecule has 1 saturated heterocycles. The van der Waals surface area contributed by atoms with Gasteiger partial charge in [-0.1, -0.05) is 6.07 Å². The highest BCUT2D eigenvalue weighted by Gasteiger charge is 2.21. The number of hydrogen-bond donors (Lipinski definition) is 2. The van der Waals surface area contributed by atoms with Gasteiger partial charge in [-0.05, 0) is 43.2 Å². The Hall–Kier alpha value is -2.73. The third kappa shape index (κ3) is 3.78. The van der Waals surface area contributed by atoms with Gasteiger partial charge in [0.05, 0.1) is 5.56 Å². The van der Waals surface area contributed by atoms with Crippen LogP contribution in [0.2, 0.25) is 0 Å². The molecule has 0 saturated carbocycles. The number of pyridine rings is 1. The van der Waals surface area contributed by atoms with Gasteiger partial charge in [-0.25, -0.2) is 0 Å². The lowest BCUT2D eigenvalue weighted by atomic mass is 10.0. The first-order valence-corrected chi connectivity index (χ1v) is 8.00. The molecule has 3 rings (SSSR count). The molecule has 6 heteroatoms. The average molecular weight is 324 g/mol. The minimum atomic E-state index is -0.253. The van der Waals surface area contributed by atoms with Crippen LogP contribution >= 0.6 is 0 Å². The summed E-state index contributed by atoms with van der Waals surface area (Å²) in [6.45, 7) is 1.35. The number of nitrogens with zero attached hydrogens (tertiary/aromatic N) is 2. The Morgan fingerprint density at radius 1 is 1.12 bits per heavy atom. The number of anilines is 1. The molecule has 24 heavy (non-hydrogen) atoms. The molecule has 0 aliphatic carbocycles. The second kappa shape index (κ2) is 7.23. The summed E-state index contributed by atoms with van der Waals surface area (Å²) in [6.07, 6.45) is 4.76. The molecule has 2 aromatic rings. The van der Waals surface area contributed by atoms with E-state index in [4.69, 9.17) is 5.73 Å². The zero-order valence-corrected chi connectivity index (χ0v) is 13.3. The van der Waals surface area contributed by atoms with Crippen LogP contribution in [0.4, 0.5) is 5.69 Å². The molecule has 1 fully saturated rings. The SMILES string of the molecule is NC1CCN(C(=O)c2cccc(NC(=O)c3cccnc3)c2)CC1. The Morgan fingerprint density at radius 2 is 1.88 bits per heavy atom. The average Bonchev–Trinajstić information content (AvgIpc) is 2.63. The summed E-state index contributed by atoms with van der Waals surface area (Å²) < 4.78 is 0. The van der Waals surface area contributed by atoms with Gasteiger partial charge in [0, 0.05) is 42.8 Å². The first-order valence-electron chi connectivity index (χ1n) is 8.00. The van der Waals surface area contributed by atoms with Crippen molar-refractivity contribution in [3.63, 3.8) is 0 Å². The molecule has 2 amide bonds. The number of benzene rings is 1. The minimum Gasteiger partial charge on any atom is -0.339 e. The molecule has 0 spiro atoms. The van der Waals surface area contributed by atoms with Crippen LogP contribution in [-0.2, 0) is 0 Å². The number of nitrogens with two attached hydrogens (primary N) is 1. The van der Waals surface area contributed by atoms with Crippen LogP contribution < -0.4 is 11.1 Å². The Labute approximate surface area is 140 Å². The van der Waals surface area contributed by atoms with Crippen molar-refractivity contribution in [3.8, 4) is 0 Å². The van der Waals surface area contributed by atoms with Gasteiger partial charge in [-0.3, -0.25) is 14.6 Å². The standard InChI is InChI=1S/C18H20N4O2/c19-15-6-9-22(10-7-15)18(24)13-3-1-5-16(11-13)21-17(23)14-4-2-8-20-12-14/h1-5,8,11-12,15H,6-7,9-10,19H2,(H,21,23). The van der Waals surface area contributed by atoms with E-state index in [0.29, 0.717) is 29.9 Å². The quantitative estimate of drug-likeness (QED) is 0.902. The van der Waals surface area contributed by atoms with Gasteiger partial charge in [-0.2, -0.15) is 0 Å². The molecular weight excluding hydrogens is 304 g/mol. The smallest absolute Gasteiger partial charge is 0.257 e. The van der Waals surface area contributed by atoms with E-state index in [2.05, 4.69) is 10.3 Å². The van der Waals surface area contributed by atoms with Crippen molar-refractivity contribution >= 4 is 17.5 Å². The third-order valence-corrected chi connectivity index (χ3v) is 4.12. The van der Waals surface area contributed by atoms with Crippen LogP contribution in [0.15, 0.2) is 48.8 Å². The van der Waals surface area contributed by atoms with Gasteiger partial charge in [0.1, 0.15) is 0 Å². The Bertz CT molecular complexity index is 725. The van der Waals surface area contributed by atoms with Gasteiger partial charge in [0.25, 0.3) is 11.8 Å². The maximum atomic E-state index is 12.6. The largest absolute Gasteiger partial charge is 0.339 e. The molecule has 1 aliphatic rings. The minimum absolute atomic E-state index is 0.0284. The van der Waals surface area contributed by atoms with Crippen molar-refractivity contribution in [2.45, 2.75) is 18.9 Å². The highest BCUT2D eigenvalue weighted by Crippen LogP contribution is 2.17. The van der Waals surface area contributed by atoms with Crippen molar-refractivity contribution in [1.29, 1.82) is 0 Å². The van der Waals surface area contributed by atoms with Crippen molar-refractivity contribution < 1.29 is 9.59 Å².